The molecule has 0 unspecified atom stereocenters. The molecule has 0 atom stereocenters. The molecule has 0 radical (unpaired) electrons. The molecule has 0 aliphatic rings. The van der Waals surface area contributed by atoms with E-state index in [0.717, 1.165) is 12.1 Å². The average Bonchev–Trinajstić information content (AvgIpc) is 2.26. The van der Waals surface area contributed by atoms with E-state index < -0.39 is 20.7 Å². The van der Waals surface area contributed by atoms with Crippen LogP contribution in [0.15, 0.2) is 17.0 Å². The van der Waals surface area contributed by atoms with E-state index in [0.29, 0.717) is 18.3 Å². The van der Waals surface area contributed by atoms with Crippen molar-refractivity contribution >= 4 is 16.3 Å². The summed E-state index contributed by atoms with van der Waals surface area (Å²) in [7, 11) is -3.89. The third-order valence-corrected chi connectivity index (χ3v) is 3.76. The van der Waals surface area contributed by atoms with Gasteiger partial charge in [-0.25, -0.2) is 17.5 Å². The Morgan fingerprint density at radius 1 is 1.41 bits per heavy atom. The summed E-state index contributed by atoms with van der Waals surface area (Å²) in [6, 6.07) is 2.10. The number of aryl methyl sites for hydroxylation is 1. The predicted molar refractivity (Wildman–Crippen MR) is 62.0 cm³/mol. The van der Waals surface area contributed by atoms with E-state index in [1.807, 2.05) is 0 Å². The number of hydrogen-bond acceptors (Lipinski definition) is 3. The van der Waals surface area contributed by atoms with Crippen LogP contribution in [-0.2, 0) is 10.0 Å². The van der Waals surface area contributed by atoms with Crippen molar-refractivity contribution in [3.63, 3.8) is 0 Å². The standard InChI is InChI=1S/C11H14FNO3S/c1-3-4-13-17(15,16)11-6-9(7-14)8(2)5-10(11)12/h5-7,13H,3-4H2,1-2H3. The zero-order valence-corrected chi connectivity index (χ0v) is 10.5. The number of benzene rings is 1. The normalized spacial score (nSPS) is 11.5. The summed E-state index contributed by atoms with van der Waals surface area (Å²) in [5.74, 6) is -0.850. The van der Waals surface area contributed by atoms with Crippen LogP contribution in [0.4, 0.5) is 4.39 Å². The highest BCUT2D eigenvalue weighted by molar-refractivity contribution is 7.89. The number of halogens is 1. The molecule has 4 nitrogen and oxygen atoms in total. The zero-order valence-electron chi connectivity index (χ0n) is 9.66. The minimum Gasteiger partial charge on any atom is -0.298 e. The second-order valence-electron chi connectivity index (χ2n) is 3.65. The molecule has 0 saturated carbocycles. The molecule has 94 valence electrons. The van der Waals surface area contributed by atoms with Gasteiger partial charge in [0.05, 0.1) is 0 Å². The first-order valence-electron chi connectivity index (χ1n) is 5.17. The topological polar surface area (TPSA) is 63.2 Å². The maximum absolute atomic E-state index is 13.6. The molecule has 1 rings (SSSR count). The molecule has 0 amide bonds. The summed E-state index contributed by atoms with van der Waals surface area (Å²) in [5.41, 5.74) is 0.579. The Hall–Kier alpha value is -1.27. The molecule has 0 aliphatic heterocycles. The Morgan fingerprint density at radius 3 is 2.59 bits per heavy atom. The van der Waals surface area contributed by atoms with Gasteiger partial charge in [-0.3, -0.25) is 4.79 Å². The fourth-order valence-corrected chi connectivity index (χ4v) is 2.54. The summed E-state index contributed by atoms with van der Waals surface area (Å²) in [4.78, 5) is 10.2. The highest BCUT2D eigenvalue weighted by Crippen LogP contribution is 2.18. The van der Waals surface area contributed by atoms with Gasteiger partial charge in [0.2, 0.25) is 10.0 Å². The van der Waals surface area contributed by atoms with E-state index >= 15 is 0 Å². The molecule has 0 aliphatic carbocycles. The molecular formula is C11H14FNO3S. The molecule has 0 heterocycles. The Labute approximate surface area is 99.9 Å². The van der Waals surface area contributed by atoms with E-state index in [1.54, 1.807) is 13.8 Å². The van der Waals surface area contributed by atoms with Crippen molar-refractivity contribution in [1.82, 2.24) is 4.72 Å². The molecular weight excluding hydrogens is 245 g/mol. The summed E-state index contributed by atoms with van der Waals surface area (Å²) in [6.45, 7) is 3.57. The van der Waals surface area contributed by atoms with Crippen molar-refractivity contribution in [3.8, 4) is 0 Å². The minimum absolute atomic E-state index is 0.170. The number of aldehydes is 1. The van der Waals surface area contributed by atoms with Gasteiger partial charge in [-0.05, 0) is 31.0 Å². The number of nitrogens with one attached hydrogen (secondary N) is 1. The molecule has 1 aromatic carbocycles. The Kier molecular flexibility index (Phi) is 4.36. The maximum Gasteiger partial charge on any atom is 0.243 e. The Morgan fingerprint density at radius 2 is 2.06 bits per heavy atom. The second kappa shape index (κ2) is 5.37. The van der Waals surface area contributed by atoms with Gasteiger partial charge in [0.25, 0.3) is 0 Å². The van der Waals surface area contributed by atoms with Crippen LogP contribution in [0.1, 0.15) is 29.3 Å². The third-order valence-electron chi connectivity index (χ3n) is 2.28. The smallest absolute Gasteiger partial charge is 0.243 e. The van der Waals surface area contributed by atoms with E-state index in [4.69, 9.17) is 0 Å². The third kappa shape index (κ3) is 3.10. The van der Waals surface area contributed by atoms with Crippen LogP contribution < -0.4 is 4.72 Å². The number of hydrogen-bond donors (Lipinski definition) is 1. The number of rotatable bonds is 5. The Balaban J connectivity index is 3.26. The number of carbonyl (C=O) groups is 1. The van der Waals surface area contributed by atoms with Crippen molar-refractivity contribution in [2.75, 3.05) is 6.54 Å². The summed E-state index contributed by atoms with van der Waals surface area (Å²) in [5, 5.41) is 0. The molecule has 0 spiro atoms. The lowest BCUT2D eigenvalue weighted by molar-refractivity contribution is 0.112. The summed E-state index contributed by atoms with van der Waals surface area (Å²) in [6.07, 6.45) is 1.11. The van der Waals surface area contributed by atoms with E-state index in [1.165, 1.54) is 0 Å². The first-order chi connectivity index (χ1) is 7.92. The molecule has 1 N–H and O–H groups in total. The van der Waals surface area contributed by atoms with Crippen LogP contribution in [-0.4, -0.2) is 21.2 Å². The van der Waals surface area contributed by atoms with Gasteiger partial charge in [-0.2, -0.15) is 0 Å². The summed E-state index contributed by atoms with van der Waals surface area (Å²) >= 11 is 0. The van der Waals surface area contributed by atoms with Crippen molar-refractivity contribution in [2.24, 2.45) is 0 Å². The lowest BCUT2D eigenvalue weighted by atomic mass is 10.1. The largest absolute Gasteiger partial charge is 0.298 e. The van der Waals surface area contributed by atoms with Gasteiger partial charge < -0.3 is 0 Å². The van der Waals surface area contributed by atoms with Crippen LogP contribution in [0.5, 0.6) is 0 Å². The highest BCUT2D eigenvalue weighted by atomic mass is 32.2. The van der Waals surface area contributed by atoms with Crippen LogP contribution in [0, 0.1) is 12.7 Å². The molecule has 0 aromatic heterocycles. The molecule has 0 saturated heterocycles. The molecule has 17 heavy (non-hydrogen) atoms. The fourth-order valence-electron chi connectivity index (χ4n) is 1.32. The Bertz CT molecular complexity index is 526. The maximum atomic E-state index is 13.6. The van der Waals surface area contributed by atoms with Gasteiger partial charge in [0.1, 0.15) is 17.0 Å². The number of sulfonamides is 1. The van der Waals surface area contributed by atoms with Gasteiger partial charge in [0, 0.05) is 12.1 Å². The molecule has 1 aromatic rings. The van der Waals surface area contributed by atoms with Crippen LogP contribution in [0.25, 0.3) is 0 Å². The quantitative estimate of drug-likeness (QED) is 0.817. The van der Waals surface area contributed by atoms with Crippen molar-refractivity contribution in [2.45, 2.75) is 25.2 Å². The molecule has 6 heteroatoms. The fraction of sp³-hybridized carbons (Fsp3) is 0.364. The molecule has 0 fully saturated rings. The first kappa shape index (κ1) is 13.8. The average molecular weight is 259 g/mol. The number of carbonyl (C=O) groups excluding carboxylic acids is 1. The highest BCUT2D eigenvalue weighted by Gasteiger charge is 2.19. The lowest BCUT2D eigenvalue weighted by Gasteiger charge is -2.08. The zero-order chi connectivity index (χ0) is 13.1. The van der Waals surface area contributed by atoms with E-state index in [-0.39, 0.29) is 12.1 Å². The van der Waals surface area contributed by atoms with Crippen LogP contribution >= 0.6 is 0 Å². The van der Waals surface area contributed by atoms with Gasteiger partial charge in [-0.1, -0.05) is 6.92 Å². The predicted octanol–water partition coefficient (Wildman–Crippen LogP) is 1.63. The lowest BCUT2D eigenvalue weighted by Crippen LogP contribution is -2.25. The minimum atomic E-state index is -3.89. The van der Waals surface area contributed by atoms with Crippen molar-refractivity contribution in [1.29, 1.82) is 0 Å². The van der Waals surface area contributed by atoms with E-state index in [2.05, 4.69) is 4.72 Å². The first-order valence-corrected chi connectivity index (χ1v) is 6.65. The monoisotopic (exact) mass is 259 g/mol. The van der Waals surface area contributed by atoms with Crippen molar-refractivity contribution in [3.05, 3.63) is 29.1 Å². The van der Waals surface area contributed by atoms with E-state index in [9.17, 15) is 17.6 Å². The van der Waals surface area contributed by atoms with Crippen LogP contribution in [0.2, 0.25) is 0 Å². The van der Waals surface area contributed by atoms with Crippen molar-refractivity contribution < 1.29 is 17.6 Å². The van der Waals surface area contributed by atoms with Crippen LogP contribution in [0.3, 0.4) is 0 Å². The van der Waals surface area contributed by atoms with Gasteiger partial charge in [-0.15, -0.1) is 0 Å². The summed E-state index contributed by atoms with van der Waals surface area (Å²) < 4.78 is 39.3. The molecule has 0 bridgehead atoms. The SMILES string of the molecule is CCCNS(=O)(=O)c1cc(C=O)c(C)cc1F. The van der Waals surface area contributed by atoms with Gasteiger partial charge in [0.15, 0.2) is 0 Å². The van der Waals surface area contributed by atoms with Gasteiger partial charge >= 0.3 is 0 Å². The second-order valence-corrected chi connectivity index (χ2v) is 5.39.